The largest absolute Gasteiger partial charge is 0.490 e. The van der Waals surface area contributed by atoms with Gasteiger partial charge in [-0.15, -0.1) is 0 Å². The molecule has 0 fully saturated rings. The third-order valence-electron chi connectivity index (χ3n) is 3.97. The number of benzene rings is 1. The summed E-state index contributed by atoms with van der Waals surface area (Å²) in [5, 5.41) is 3.07. The highest BCUT2D eigenvalue weighted by atomic mass is 16.5. The van der Waals surface area contributed by atoms with E-state index in [1.807, 2.05) is 27.7 Å². The number of carbonyl (C=O) groups excluding carboxylic acids is 1. The Balaban J connectivity index is 2.94. The molecule has 0 aliphatic rings. The lowest BCUT2D eigenvalue weighted by atomic mass is 10.0. The predicted octanol–water partition coefficient (Wildman–Crippen LogP) is 4.83. The fourth-order valence-electron chi connectivity index (χ4n) is 2.73. The van der Waals surface area contributed by atoms with Crippen LogP contribution in [0.4, 0.5) is 0 Å². The first kappa shape index (κ1) is 22.1. The van der Waals surface area contributed by atoms with Crippen LogP contribution in [0, 0.1) is 5.92 Å². The lowest BCUT2D eigenvalue weighted by Crippen LogP contribution is -2.32. The maximum atomic E-state index is 12.7. The molecule has 0 spiro atoms. The van der Waals surface area contributed by atoms with E-state index in [1.54, 1.807) is 12.1 Å². The first-order valence-electron chi connectivity index (χ1n) is 9.80. The molecule has 1 N–H and O–H groups in total. The number of rotatable bonds is 12. The minimum atomic E-state index is -0.119. The molecule has 0 unspecified atom stereocenters. The lowest BCUT2D eigenvalue weighted by molar-refractivity contribution is 0.0936. The number of nitrogens with one attached hydrogen (secondary N) is 1. The SMILES string of the molecule is CCOc1cc(C(=O)N[C@H](C)CCCC(C)C)cc(OCC)c1OCC. The van der Waals surface area contributed by atoms with E-state index in [1.165, 1.54) is 6.42 Å². The van der Waals surface area contributed by atoms with Crippen LogP contribution in [0.5, 0.6) is 17.2 Å². The molecule has 1 atom stereocenters. The molecular formula is C21H35NO4. The number of carbonyl (C=O) groups is 1. The monoisotopic (exact) mass is 365 g/mol. The van der Waals surface area contributed by atoms with Crippen molar-refractivity contribution in [3.8, 4) is 17.2 Å². The Labute approximate surface area is 158 Å². The van der Waals surface area contributed by atoms with Gasteiger partial charge in [0.2, 0.25) is 5.75 Å². The first-order valence-corrected chi connectivity index (χ1v) is 9.80. The Kier molecular flexibility index (Phi) is 9.92. The average molecular weight is 366 g/mol. The maximum absolute atomic E-state index is 12.7. The van der Waals surface area contributed by atoms with Gasteiger partial charge < -0.3 is 19.5 Å². The Hall–Kier alpha value is -1.91. The molecule has 0 aliphatic heterocycles. The minimum Gasteiger partial charge on any atom is -0.490 e. The molecular weight excluding hydrogens is 330 g/mol. The van der Waals surface area contributed by atoms with E-state index >= 15 is 0 Å². The first-order chi connectivity index (χ1) is 12.4. The van der Waals surface area contributed by atoms with E-state index < -0.39 is 0 Å². The average Bonchev–Trinajstić information content (AvgIpc) is 2.57. The summed E-state index contributed by atoms with van der Waals surface area (Å²) in [4.78, 5) is 12.7. The Morgan fingerprint density at radius 2 is 1.46 bits per heavy atom. The van der Waals surface area contributed by atoms with Crippen LogP contribution < -0.4 is 19.5 Å². The summed E-state index contributed by atoms with van der Waals surface area (Å²) in [5.41, 5.74) is 0.524. The highest BCUT2D eigenvalue weighted by Crippen LogP contribution is 2.39. The van der Waals surface area contributed by atoms with Crippen molar-refractivity contribution >= 4 is 5.91 Å². The van der Waals surface area contributed by atoms with Crippen molar-refractivity contribution in [2.75, 3.05) is 19.8 Å². The van der Waals surface area contributed by atoms with Crippen LogP contribution in [0.1, 0.15) is 71.2 Å². The molecule has 1 aromatic rings. The molecule has 1 amide bonds. The normalized spacial score (nSPS) is 12.0. The third-order valence-corrected chi connectivity index (χ3v) is 3.97. The van der Waals surface area contributed by atoms with Gasteiger partial charge in [-0.2, -0.15) is 0 Å². The Morgan fingerprint density at radius 3 is 1.92 bits per heavy atom. The second-order valence-electron chi connectivity index (χ2n) is 6.80. The summed E-state index contributed by atoms with van der Waals surface area (Å²) in [5.74, 6) is 2.20. The fraction of sp³-hybridized carbons (Fsp3) is 0.667. The molecule has 0 heterocycles. The molecule has 0 bridgehead atoms. The number of hydrogen-bond acceptors (Lipinski definition) is 4. The lowest BCUT2D eigenvalue weighted by Gasteiger charge is -2.18. The van der Waals surface area contributed by atoms with Gasteiger partial charge in [0.25, 0.3) is 5.91 Å². The molecule has 1 aromatic carbocycles. The van der Waals surface area contributed by atoms with Gasteiger partial charge in [0, 0.05) is 11.6 Å². The van der Waals surface area contributed by atoms with Crippen molar-refractivity contribution in [1.82, 2.24) is 5.32 Å². The van der Waals surface area contributed by atoms with Gasteiger partial charge in [0.15, 0.2) is 11.5 Å². The van der Waals surface area contributed by atoms with E-state index in [0.29, 0.717) is 48.6 Å². The van der Waals surface area contributed by atoms with Gasteiger partial charge in [0.1, 0.15) is 0 Å². The molecule has 0 aliphatic carbocycles. The molecule has 0 radical (unpaired) electrons. The van der Waals surface area contributed by atoms with Crippen molar-refractivity contribution < 1.29 is 19.0 Å². The zero-order chi connectivity index (χ0) is 19.5. The van der Waals surface area contributed by atoms with Crippen molar-refractivity contribution in [1.29, 1.82) is 0 Å². The molecule has 26 heavy (non-hydrogen) atoms. The zero-order valence-electron chi connectivity index (χ0n) is 17.2. The summed E-state index contributed by atoms with van der Waals surface area (Å²) in [6, 6.07) is 3.58. The third kappa shape index (κ3) is 7.14. The van der Waals surface area contributed by atoms with Crippen LogP contribution in [0.25, 0.3) is 0 Å². The van der Waals surface area contributed by atoms with Gasteiger partial charge in [0.05, 0.1) is 19.8 Å². The number of hydrogen-bond donors (Lipinski definition) is 1. The van der Waals surface area contributed by atoms with Gasteiger partial charge in [-0.25, -0.2) is 0 Å². The van der Waals surface area contributed by atoms with Crippen LogP contribution in [0.3, 0.4) is 0 Å². The zero-order valence-corrected chi connectivity index (χ0v) is 17.2. The number of ether oxygens (including phenoxy) is 3. The Morgan fingerprint density at radius 1 is 0.923 bits per heavy atom. The summed E-state index contributed by atoms with van der Waals surface area (Å²) < 4.78 is 17.0. The quantitative estimate of drug-likeness (QED) is 0.576. The van der Waals surface area contributed by atoms with Crippen LogP contribution in [-0.2, 0) is 0 Å². The summed E-state index contributed by atoms with van der Waals surface area (Å²) in [6.45, 7) is 13.7. The molecule has 0 saturated heterocycles. The molecule has 0 aromatic heterocycles. The van der Waals surface area contributed by atoms with E-state index in [0.717, 1.165) is 12.8 Å². The maximum Gasteiger partial charge on any atom is 0.251 e. The van der Waals surface area contributed by atoms with Crippen molar-refractivity contribution in [3.05, 3.63) is 17.7 Å². The van der Waals surface area contributed by atoms with Crippen LogP contribution in [0.2, 0.25) is 0 Å². The van der Waals surface area contributed by atoms with E-state index in [9.17, 15) is 4.79 Å². The van der Waals surface area contributed by atoms with Crippen LogP contribution in [-0.4, -0.2) is 31.8 Å². The second kappa shape index (κ2) is 11.7. The van der Waals surface area contributed by atoms with E-state index in [4.69, 9.17) is 14.2 Å². The van der Waals surface area contributed by atoms with Gasteiger partial charge in [-0.05, 0) is 52.2 Å². The van der Waals surface area contributed by atoms with E-state index in [2.05, 4.69) is 19.2 Å². The van der Waals surface area contributed by atoms with E-state index in [-0.39, 0.29) is 11.9 Å². The van der Waals surface area contributed by atoms with Crippen molar-refractivity contribution in [2.45, 2.75) is 66.8 Å². The summed E-state index contributed by atoms with van der Waals surface area (Å²) in [6.07, 6.45) is 3.25. The fourth-order valence-corrected chi connectivity index (χ4v) is 2.73. The number of amides is 1. The molecule has 148 valence electrons. The highest BCUT2D eigenvalue weighted by Gasteiger charge is 2.19. The molecule has 5 nitrogen and oxygen atoms in total. The summed E-state index contributed by atoms with van der Waals surface area (Å²) >= 11 is 0. The smallest absolute Gasteiger partial charge is 0.251 e. The topological polar surface area (TPSA) is 56.8 Å². The Bertz CT molecular complexity index is 530. The van der Waals surface area contributed by atoms with Crippen molar-refractivity contribution in [3.63, 3.8) is 0 Å². The van der Waals surface area contributed by atoms with Gasteiger partial charge in [-0.1, -0.05) is 26.7 Å². The molecule has 1 rings (SSSR count). The van der Waals surface area contributed by atoms with Crippen LogP contribution >= 0.6 is 0 Å². The second-order valence-corrected chi connectivity index (χ2v) is 6.80. The predicted molar refractivity (Wildman–Crippen MR) is 106 cm³/mol. The standard InChI is InChI=1S/C21H35NO4/c1-7-24-18-13-17(14-19(25-8-2)20(18)26-9-3)21(23)22-16(6)12-10-11-15(4)5/h13-16H,7-12H2,1-6H3,(H,22,23)/t16-/m1/s1. The van der Waals surface area contributed by atoms with Gasteiger partial charge in [-0.3, -0.25) is 4.79 Å². The minimum absolute atomic E-state index is 0.119. The van der Waals surface area contributed by atoms with Gasteiger partial charge >= 0.3 is 0 Å². The van der Waals surface area contributed by atoms with Crippen molar-refractivity contribution in [2.24, 2.45) is 5.92 Å². The molecule has 0 saturated carbocycles. The van der Waals surface area contributed by atoms with Crippen LogP contribution in [0.15, 0.2) is 12.1 Å². The molecule has 5 heteroatoms. The highest BCUT2D eigenvalue weighted by molar-refractivity contribution is 5.95. The summed E-state index contributed by atoms with van der Waals surface area (Å²) in [7, 11) is 0.